The molecule has 0 aliphatic rings. The van der Waals surface area contributed by atoms with Gasteiger partial charge in [0.2, 0.25) is 5.91 Å². The molecule has 3 rings (SSSR count). The van der Waals surface area contributed by atoms with Gasteiger partial charge in [0.15, 0.2) is 10.3 Å². The number of halogens is 1. The third-order valence-electron chi connectivity index (χ3n) is 3.22. The molecule has 128 valence electrons. The number of aromatic nitrogens is 1. The van der Waals surface area contributed by atoms with Gasteiger partial charge in [0.25, 0.3) is 0 Å². The topological polar surface area (TPSA) is 80.4 Å². The van der Waals surface area contributed by atoms with Gasteiger partial charge in [0.1, 0.15) is 0 Å². The number of thiazole rings is 1. The molecule has 0 saturated heterocycles. The number of amidine groups is 1. The summed E-state index contributed by atoms with van der Waals surface area (Å²) in [7, 11) is 0. The minimum absolute atomic E-state index is 0.148. The normalized spacial score (nSPS) is 11.7. The fraction of sp³-hybridized carbons (Fsp3) is 0.118. The van der Waals surface area contributed by atoms with Crippen LogP contribution in [0.2, 0.25) is 5.02 Å². The third-order valence-corrected chi connectivity index (χ3v) is 5.27. The Morgan fingerprint density at radius 2 is 2.16 bits per heavy atom. The van der Waals surface area contributed by atoms with Crippen molar-refractivity contribution in [2.45, 2.75) is 6.92 Å². The first-order valence-corrected chi connectivity index (χ1v) is 9.58. The molecule has 0 radical (unpaired) electrons. The fourth-order valence-electron chi connectivity index (χ4n) is 2.07. The average molecular weight is 391 g/mol. The quantitative estimate of drug-likeness (QED) is 0.504. The van der Waals surface area contributed by atoms with E-state index in [2.05, 4.69) is 15.3 Å². The highest BCUT2D eigenvalue weighted by atomic mass is 35.5. The number of nitrogens with zero attached hydrogens (tertiary/aromatic N) is 2. The minimum atomic E-state index is -0.182. The molecule has 0 fully saturated rings. The summed E-state index contributed by atoms with van der Waals surface area (Å²) >= 11 is 8.63. The zero-order valence-corrected chi connectivity index (χ0v) is 15.7. The standard InChI is InChI=1S/C17H15ClN4OS2/c1-10-6-7-13-14(8-10)25-17(21-13)22-15(23)9-24-16(19)20-12-5-3-2-4-11(12)18/h2-8H,9H2,1H3,(H2,19,20)(H,21,22,23). The molecule has 0 aliphatic heterocycles. The van der Waals surface area contributed by atoms with E-state index < -0.39 is 0 Å². The van der Waals surface area contributed by atoms with Crippen LogP contribution in [-0.4, -0.2) is 21.8 Å². The Morgan fingerprint density at radius 1 is 1.36 bits per heavy atom. The van der Waals surface area contributed by atoms with Crippen molar-refractivity contribution in [2.75, 3.05) is 11.1 Å². The summed E-state index contributed by atoms with van der Waals surface area (Å²) in [6.45, 7) is 2.02. The van der Waals surface area contributed by atoms with Gasteiger partial charge in [-0.1, -0.05) is 52.9 Å². The van der Waals surface area contributed by atoms with Crippen LogP contribution in [0.15, 0.2) is 47.5 Å². The number of carbonyl (C=O) groups is 1. The Hall–Kier alpha value is -2.09. The van der Waals surface area contributed by atoms with E-state index in [0.29, 0.717) is 15.8 Å². The van der Waals surface area contributed by atoms with Gasteiger partial charge in [0, 0.05) is 0 Å². The van der Waals surface area contributed by atoms with Crippen molar-refractivity contribution in [1.82, 2.24) is 4.98 Å². The predicted octanol–water partition coefficient (Wildman–Crippen LogP) is 4.58. The molecule has 0 bridgehead atoms. The van der Waals surface area contributed by atoms with Crippen LogP contribution in [0.1, 0.15) is 5.56 Å². The zero-order chi connectivity index (χ0) is 17.8. The number of benzene rings is 2. The molecule has 1 heterocycles. The number of nitrogens with two attached hydrogens (primary N) is 1. The summed E-state index contributed by atoms with van der Waals surface area (Å²) in [4.78, 5) is 20.7. The van der Waals surface area contributed by atoms with E-state index >= 15 is 0 Å². The van der Waals surface area contributed by atoms with Crippen LogP contribution in [0.25, 0.3) is 10.2 Å². The Bertz CT molecular complexity index is 955. The lowest BCUT2D eigenvalue weighted by Crippen LogP contribution is -2.17. The number of para-hydroxylation sites is 1. The Morgan fingerprint density at radius 3 is 2.96 bits per heavy atom. The number of fused-ring (bicyclic) bond motifs is 1. The van der Waals surface area contributed by atoms with Crippen LogP contribution in [0, 0.1) is 6.92 Å². The number of anilines is 1. The summed E-state index contributed by atoms with van der Waals surface area (Å²) in [6, 6.07) is 13.1. The van der Waals surface area contributed by atoms with Gasteiger partial charge in [-0.25, -0.2) is 9.98 Å². The molecule has 2 aromatic carbocycles. The van der Waals surface area contributed by atoms with Crippen LogP contribution < -0.4 is 11.1 Å². The summed E-state index contributed by atoms with van der Waals surface area (Å²) in [5.74, 6) is -0.0348. The maximum Gasteiger partial charge on any atom is 0.236 e. The molecule has 1 amide bonds. The van der Waals surface area contributed by atoms with Crippen molar-refractivity contribution in [1.29, 1.82) is 0 Å². The number of thioether (sulfide) groups is 1. The van der Waals surface area contributed by atoms with E-state index in [0.717, 1.165) is 27.5 Å². The molecule has 8 heteroatoms. The molecule has 0 saturated carbocycles. The Balaban J connectivity index is 1.59. The predicted molar refractivity (Wildman–Crippen MR) is 108 cm³/mol. The molecular formula is C17H15ClN4OS2. The van der Waals surface area contributed by atoms with Gasteiger partial charge in [-0.3, -0.25) is 4.79 Å². The lowest BCUT2D eigenvalue weighted by molar-refractivity contribution is -0.113. The average Bonchev–Trinajstić information content (AvgIpc) is 2.96. The first kappa shape index (κ1) is 17.7. The fourth-order valence-corrected chi connectivity index (χ4v) is 3.75. The van der Waals surface area contributed by atoms with Crippen molar-refractivity contribution in [3.63, 3.8) is 0 Å². The summed E-state index contributed by atoms with van der Waals surface area (Å²) in [5, 5.41) is 4.16. The Labute approximate surface area is 158 Å². The highest BCUT2D eigenvalue weighted by Crippen LogP contribution is 2.27. The van der Waals surface area contributed by atoms with Crippen molar-refractivity contribution in [3.8, 4) is 0 Å². The molecule has 1 aromatic heterocycles. The second-order valence-electron chi connectivity index (χ2n) is 5.23. The zero-order valence-electron chi connectivity index (χ0n) is 13.3. The molecule has 25 heavy (non-hydrogen) atoms. The van der Waals surface area contributed by atoms with E-state index in [1.807, 2.05) is 37.3 Å². The smallest absolute Gasteiger partial charge is 0.236 e. The van der Waals surface area contributed by atoms with Crippen molar-refractivity contribution in [3.05, 3.63) is 53.1 Å². The lowest BCUT2D eigenvalue weighted by atomic mass is 10.2. The summed E-state index contributed by atoms with van der Waals surface area (Å²) < 4.78 is 1.04. The monoisotopic (exact) mass is 390 g/mol. The molecule has 3 aromatic rings. The molecule has 0 atom stereocenters. The largest absolute Gasteiger partial charge is 0.378 e. The second kappa shape index (κ2) is 7.86. The van der Waals surface area contributed by atoms with Crippen LogP contribution in [0.5, 0.6) is 0 Å². The lowest BCUT2D eigenvalue weighted by Gasteiger charge is -2.02. The molecule has 3 N–H and O–H groups in total. The number of nitrogens with one attached hydrogen (secondary N) is 1. The molecule has 5 nitrogen and oxygen atoms in total. The van der Waals surface area contributed by atoms with Crippen LogP contribution in [0.4, 0.5) is 10.8 Å². The first-order valence-electron chi connectivity index (χ1n) is 7.40. The number of carbonyl (C=O) groups excluding carboxylic acids is 1. The number of amides is 1. The van der Waals surface area contributed by atoms with Gasteiger partial charge >= 0.3 is 0 Å². The maximum absolute atomic E-state index is 12.1. The van der Waals surface area contributed by atoms with E-state index in [1.54, 1.807) is 12.1 Å². The third kappa shape index (κ3) is 4.72. The van der Waals surface area contributed by atoms with Crippen LogP contribution >= 0.6 is 34.7 Å². The van der Waals surface area contributed by atoms with E-state index in [1.165, 1.54) is 11.3 Å². The van der Waals surface area contributed by atoms with Gasteiger partial charge < -0.3 is 11.1 Å². The Kier molecular flexibility index (Phi) is 5.57. The molecule has 0 aliphatic carbocycles. The maximum atomic E-state index is 12.1. The minimum Gasteiger partial charge on any atom is -0.378 e. The summed E-state index contributed by atoms with van der Waals surface area (Å²) in [5.41, 5.74) is 8.47. The number of aryl methyl sites for hydroxylation is 1. The SMILES string of the molecule is Cc1ccc2nc(NC(=O)CSC(N)=Nc3ccccc3Cl)sc2c1. The van der Waals surface area contributed by atoms with Crippen molar-refractivity contribution in [2.24, 2.45) is 10.7 Å². The van der Waals surface area contributed by atoms with E-state index in [4.69, 9.17) is 17.3 Å². The highest BCUT2D eigenvalue weighted by Gasteiger charge is 2.09. The number of aliphatic imine (C=N–C) groups is 1. The summed E-state index contributed by atoms with van der Waals surface area (Å²) in [6.07, 6.45) is 0. The van der Waals surface area contributed by atoms with Gasteiger partial charge in [-0.2, -0.15) is 0 Å². The van der Waals surface area contributed by atoms with Crippen molar-refractivity contribution < 1.29 is 4.79 Å². The van der Waals surface area contributed by atoms with Gasteiger partial charge in [-0.15, -0.1) is 0 Å². The molecular weight excluding hydrogens is 376 g/mol. The van der Waals surface area contributed by atoms with Crippen LogP contribution in [0.3, 0.4) is 0 Å². The van der Waals surface area contributed by atoms with E-state index in [9.17, 15) is 4.79 Å². The number of hydrogen-bond donors (Lipinski definition) is 2. The highest BCUT2D eigenvalue weighted by molar-refractivity contribution is 8.14. The molecule has 0 unspecified atom stereocenters. The number of rotatable bonds is 4. The van der Waals surface area contributed by atoms with Gasteiger partial charge in [-0.05, 0) is 36.8 Å². The van der Waals surface area contributed by atoms with Gasteiger partial charge in [0.05, 0.1) is 26.7 Å². The van der Waals surface area contributed by atoms with Crippen LogP contribution in [-0.2, 0) is 4.79 Å². The second-order valence-corrected chi connectivity index (χ2v) is 7.66. The number of hydrogen-bond acceptors (Lipinski definition) is 5. The molecule has 0 spiro atoms. The van der Waals surface area contributed by atoms with E-state index in [-0.39, 0.29) is 16.8 Å². The van der Waals surface area contributed by atoms with Crippen molar-refractivity contribution >= 4 is 66.8 Å². The first-order chi connectivity index (χ1) is 12.0.